The molecule has 0 aliphatic carbocycles. The zero-order chi connectivity index (χ0) is 32.3. The summed E-state index contributed by atoms with van der Waals surface area (Å²) < 4.78 is 25.2. The number of allylic oxidation sites excluding steroid dienone is 4. The third-order valence-corrected chi connectivity index (χ3v) is 8.70. The number of morpholine rings is 1. The predicted octanol–water partition coefficient (Wildman–Crippen LogP) is 5.87. The highest BCUT2D eigenvalue weighted by molar-refractivity contribution is 5.87. The smallest absolute Gasteiger partial charge is 0.226 e. The van der Waals surface area contributed by atoms with Crippen molar-refractivity contribution in [3.05, 3.63) is 63.6 Å². The fourth-order valence-electron chi connectivity index (χ4n) is 5.59. The quantitative estimate of drug-likeness (QED) is 0.260. The van der Waals surface area contributed by atoms with Crippen molar-refractivity contribution in [2.45, 2.75) is 66.8 Å². The Kier molecular flexibility index (Phi) is 12.9. The van der Waals surface area contributed by atoms with Crippen LogP contribution in [0, 0.1) is 0 Å². The van der Waals surface area contributed by atoms with E-state index in [0.29, 0.717) is 23.7 Å². The largest absolute Gasteiger partial charge is 0.379 e. The van der Waals surface area contributed by atoms with Crippen LogP contribution in [0.4, 0.5) is 10.1 Å². The number of rotatable bonds is 10. The second-order valence-electron chi connectivity index (χ2n) is 12.0. The molecule has 0 bridgehead atoms. The van der Waals surface area contributed by atoms with E-state index < -0.39 is 0 Å². The summed E-state index contributed by atoms with van der Waals surface area (Å²) in [6, 6.07) is 4.33. The molecule has 0 radical (unpaired) electrons. The third-order valence-electron chi connectivity index (χ3n) is 8.70. The van der Waals surface area contributed by atoms with Gasteiger partial charge in [-0.2, -0.15) is 4.98 Å². The highest BCUT2D eigenvalue weighted by Gasteiger charge is 2.22. The Hall–Kier alpha value is -3.34. The van der Waals surface area contributed by atoms with Crippen LogP contribution in [0.3, 0.4) is 0 Å². The molecule has 2 aromatic heterocycles. The molecule has 2 saturated heterocycles. The Morgan fingerprint density at radius 2 is 1.71 bits per heavy atom. The highest BCUT2D eigenvalue weighted by atomic mass is 19.1. The lowest BCUT2D eigenvalue weighted by Gasteiger charge is -2.35. The molecule has 2 fully saturated rings. The van der Waals surface area contributed by atoms with E-state index in [9.17, 15) is 9.18 Å². The molecule has 0 amide bonds. The van der Waals surface area contributed by atoms with Gasteiger partial charge in [0.15, 0.2) is 0 Å². The van der Waals surface area contributed by atoms with Gasteiger partial charge in [-0.25, -0.2) is 4.39 Å². The average Bonchev–Trinajstić information content (AvgIpc) is 3.54. The van der Waals surface area contributed by atoms with Crippen molar-refractivity contribution >= 4 is 16.6 Å². The molecule has 9 nitrogen and oxygen atoms in total. The van der Waals surface area contributed by atoms with Crippen LogP contribution < -0.4 is 10.3 Å². The summed E-state index contributed by atoms with van der Waals surface area (Å²) in [5, 5.41) is 4.84. The standard InChI is InChI=1S/C26H36N6O3.C9H15F/c1-4-19-16-20-23(17-22(19)31-9-6-29(3)7-10-31)32(11-8-30-12-14-34-15-13-30)18-21(25(20)33)26-27-24(5-2)35-28-26;1-4-8(2)6-5-7-9(3)10/h16-18H,4-15H2,1-3H3;6-7H,4-5H2,1-3H3/b;8-6-,9-7+. The van der Waals surface area contributed by atoms with Crippen molar-refractivity contribution in [1.29, 1.82) is 0 Å². The minimum Gasteiger partial charge on any atom is -0.379 e. The first kappa shape index (κ1) is 34.5. The average molecular weight is 623 g/mol. The van der Waals surface area contributed by atoms with Gasteiger partial charge in [-0.15, -0.1) is 0 Å². The molecule has 0 atom stereocenters. The van der Waals surface area contributed by atoms with E-state index in [4.69, 9.17) is 9.26 Å². The molecule has 0 saturated carbocycles. The third kappa shape index (κ3) is 9.34. The topological polar surface area (TPSA) is 79.9 Å². The van der Waals surface area contributed by atoms with Gasteiger partial charge in [0.2, 0.25) is 17.1 Å². The molecule has 0 N–H and O–H groups in total. The summed E-state index contributed by atoms with van der Waals surface area (Å²) in [7, 11) is 2.17. The molecule has 5 rings (SSSR count). The zero-order valence-electron chi connectivity index (χ0n) is 28.1. The number of aryl methyl sites for hydroxylation is 2. The maximum Gasteiger partial charge on any atom is 0.226 e. The lowest BCUT2D eigenvalue weighted by atomic mass is 10.0. The maximum absolute atomic E-state index is 13.7. The number of hydrogen-bond acceptors (Lipinski definition) is 8. The first-order valence-electron chi connectivity index (χ1n) is 16.5. The van der Waals surface area contributed by atoms with Crippen LogP contribution in [-0.2, 0) is 24.1 Å². The van der Waals surface area contributed by atoms with E-state index in [-0.39, 0.29) is 11.3 Å². The molecule has 4 heterocycles. The van der Waals surface area contributed by atoms with Crippen molar-refractivity contribution < 1.29 is 13.7 Å². The van der Waals surface area contributed by atoms with Crippen molar-refractivity contribution in [1.82, 2.24) is 24.5 Å². The Morgan fingerprint density at radius 3 is 2.33 bits per heavy atom. The molecule has 246 valence electrons. The zero-order valence-corrected chi connectivity index (χ0v) is 28.1. The summed E-state index contributed by atoms with van der Waals surface area (Å²) in [5.41, 5.74) is 5.20. The lowest BCUT2D eigenvalue weighted by Crippen LogP contribution is -2.44. The van der Waals surface area contributed by atoms with E-state index in [1.807, 2.05) is 19.2 Å². The molecule has 2 aliphatic heterocycles. The summed E-state index contributed by atoms with van der Waals surface area (Å²) in [4.78, 5) is 25.4. The van der Waals surface area contributed by atoms with Crippen molar-refractivity contribution in [2.75, 3.05) is 71.0 Å². The van der Waals surface area contributed by atoms with Gasteiger partial charge in [-0.05, 0) is 63.9 Å². The summed E-state index contributed by atoms with van der Waals surface area (Å²) in [6.45, 7) is 18.9. The lowest BCUT2D eigenvalue weighted by molar-refractivity contribution is 0.0365. The van der Waals surface area contributed by atoms with Gasteiger partial charge in [0, 0.05) is 76.0 Å². The molecule has 1 aromatic carbocycles. The number of fused-ring (bicyclic) bond motifs is 1. The molecule has 0 unspecified atom stereocenters. The second kappa shape index (κ2) is 16.8. The van der Waals surface area contributed by atoms with Crippen LogP contribution in [0.1, 0.15) is 58.9 Å². The molecule has 10 heteroatoms. The Balaban J connectivity index is 0.000000399. The number of hydrogen-bond donors (Lipinski definition) is 0. The van der Waals surface area contributed by atoms with Gasteiger partial charge >= 0.3 is 0 Å². The minimum absolute atomic E-state index is 0.0364. The van der Waals surface area contributed by atoms with Crippen LogP contribution in [-0.4, -0.2) is 90.6 Å². The first-order chi connectivity index (χ1) is 21.7. The van der Waals surface area contributed by atoms with Gasteiger partial charge < -0.3 is 23.6 Å². The number of pyridine rings is 1. The van der Waals surface area contributed by atoms with Gasteiger partial charge in [0.25, 0.3) is 0 Å². The van der Waals surface area contributed by atoms with Gasteiger partial charge in [-0.1, -0.05) is 37.6 Å². The molecule has 45 heavy (non-hydrogen) atoms. The van der Waals surface area contributed by atoms with Crippen LogP contribution in [0.2, 0.25) is 0 Å². The van der Waals surface area contributed by atoms with E-state index >= 15 is 0 Å². The van der Waals surface area contributed by atoms with Crippen molar-refractivity contribution in [3.8, 4) is 11.4 Å². The number of ether oxygens (including phenoxy) is 1. The van der Waals surface area contributed by atoms with Gasteiger partial charge in [0.1, 0.15) is 0 Å². The Bertz CT molecular complexity index is 1510. The molecular weight excluding hydrogens is 571 g/mol. The van der Waals surface area contributed by atoms with Crippen LogP contribution >= 0.6 is 0 Å². The fourth-order valence-corrected chi connectivity index (χ4v) is 5.59. The van der Waals surface area contributed by atoms with Crippen LogP contribution in [0.25, 0.3) is 22.3 Å². The van der Waals surface area contributed by atoms with E-state index in [0.717, 1.165) is 95.7 Å². The summed E-state index contributed by atoms with van der Waals surface area (Å²) >= 11 is 0. The predicted molar refractivity (Wildman–Crippen MR) is 181 cm³/mol. The first-order valence-corrected chi connectivity index (χ1v) is 16.5. The number of piperazine rings is 1. The number of anilines is 1. The monoisotopic (exact) mass is 622 g/mol. The normalized spacial score (nSPS) is 17.1. The number of halogens is 1. The summed E-state index contributed by atoms with van der Waals surface area (Å²) in [6.07, 6.45) is 8.84. The fraction of sp³-hybridized carbons (Fsp3) is 0.571. The van der Waals surface area contributed by atoms with E-state index in [1.54, 1.807) is 6.08 Å². The molecule has 2 aliphatic rings. The van der Waals surface area contributed by atoms with E-state index in [2.05, 4.69) is 69.4 Å². The number of benzene rings is 1. The SMILES string of the molecule is CC/C(C)=C\C/C=C(\C)F.CCc1nc(-c2cn(CCN3CCOCC3)c3cc(N4CCN(C)CC4)c(CC)cc3c2=O)no1. The Morgan fingerprint density at radius 1 is 0.978 bits per heavy atom. The maximum atomic E-state index is 13.7. The highest BCUT2D eigenvalue weighted by Crippen LogP contribution is 2.29. The molecule has 0 spiro atoms. The van der Waals surface area contributed by atoms with Crippen molar-refractivity contribution in [2.24, 2.45) is 0 Å². The number of likely N-dealkylation sites (N-methyl/N-ethyl adjacent to an activating group) is 1. The summed E-state index contributed by atoms with van der Waals surface area (Å²) in [5.74, 6) is 0.814. The van der Waals surface area contributed by atoms with Crippen LogP contribution in [0.15, 0.2) is 51.2 Å². The Labute approximate surface area is 267 Å². The number of nitrogens with zero attached hydrogens (tertiary/aromatic N) is 6. The number of aromatic nitrogens is 3. The molecule has 3 aromatic rings. The van der Waals surface area contributed by atoms with E-state index in [1.165, 1.54) is 23.7 Å². The van der Waals surface area contributed by atoms with Crippen molar-refractivity contribution in [3.63, 3.8) is 0 Å². The van der Waals surface area contributed by atoms with Crippen LogP contribution in [0.5, 0.6) is 0 Å². The second-order valence-corrected chi connectivity index (χ2v) is 12.0. The molecular formula is C35H51FN6O3. The van der Waals surface area contributed by atoms with Gasteiger partial charge in [0.05, 0.1) is 30.1 Å². The van der Waals surface area contributed by atoms with Gasteiger partial charge in [-0.3, -0.25) is 9.69 Å². The minimum atomic E-state index is -0.0971.